The van der Waals surface area contributed by atoms with E-state index in [0.29, 0.717) is 112 Å². The molecule has 10 nitrogen and oxygen atoms in total. The van der Waals surface area contributed by atoms with Gasteiger partial charge in [0.15, 0.2) is 5.92 Å². The maximum absolute atomic E-state index is 14.0. The Morgan fingerprint density at radius 3 is 1.20 bits per heavy atom. The van der Waals surface area contributed by atoms with Gasteiger partial charge in [0, 0.05) is 37.6 Å². The molecular weight excluding hydrogens is 1440 g/mol. The number of hydrogen-bond acceptors (Lipinski definition) is 9. The van der Waals surface area contributed by atoms with Crippen molar-refractivity contribution >= 4 is 61.3 Å². The van der Waals surface area contributed by atoms with Crippen molar-refractivity contribution in [3.05, 3.63) is 246 Å². The maximum atomic E-state index is 14.0. The summed E-state index contributed by atoms with van der Waals surface area (Å²) in [5.41, 5.74) is 3.00. The van der Waals surface area contributed by atoms with Gasteiger partial charge in [-0.3, -0.25) is 14.4 Å². The Balaban J connectivity index is 0.00000116. The number of halogens is 15. The van der Waals surface area contributed by atoms with Crippen molar-refractivity contribution in [1.29, 1.82) is 0 Å². The molecular formula is C75H84BrF14O10P. The van der Waals surface area contributed by atoms with Crippen LogP contribution in [-0.2, 0) is 94.4 Å². The van der Waals surface area contributed by atoms with Crippen molar-refractivity contribution in [1.82, 2.24) is 0 Å². The fourth-order valence-corrected chi connectivity index (χ4v) is 8.93. The molecule has 0 amide bonds. The summed E-state index contributed by atoms with van der Waals surface area (Å²) >= 11 is 3.20. The Hall–Kier alpha value is -8.15. The minimum absolute atomic E-state index is 0.00421. The molecule has 554 valence electrons. The number of alkyl halides is 7. The van der Waals surface area contributed by atoms with Crippen molar-refractivity contribution < 1.29 is 110 Å². The first-order valence-electron chi connectivity index (χ1n) is 31.3. The average Bonchev–Trinajstić information content (AvgIpc) is 0.816. The Labute approximate surface area is 590 Å². The Bertz CT molecular complexity index is 3640. The van der Waals surface area contributed by atoms with Crippen LogP contribution in [-0.4, -0.2) is 80.1 Å². The number of carbonyl (C=O) groups is 6. The van der Waals surface area contributed by atoms with Gasteiger partial charge in [-0.15, -0.1) is 8.58 Å². The van der Waals surface area contributed by atoms with E-state index in [9.17, 15) is 90.2 Å². The molecule has 0 aliphatic rings. The van der Waals surface area contributed by atoms with Crippen LogP contribution in [0.4, 0.5) is 61.5 Å². The molecule has 0 atom stereocenters. The third kappa shape index (κ3) is 35.8. The number of aliphatic carboxylic acids is 1. The molecule has 26 heteroatoms. The Morgan fingerprint density at radius 1 is 0.485 bits per heavy atom. The van der Waals surface area contributed by atoms with E-state index in [0.717, 1.165) is 32.6 Å². The van der Waals surface area contributed by atoms with E-state index in [-0.39, 0.29) is 99.2 Å². The van der Waals surface area contributed by atoms with E-state index >= 15 is 0 Å². The lowest BCUT2D eigenvalue weighted by Crippen LogP contribution is -2.30. The summed E-state index contributed by atoms with van der Waals surface area (Å²) in [6.07, 6.45) is -5.37. The first-order valence-corrected chi connectivity index (χ1v) is 34.4. The molecule has 7 aromatic rings. The molecule has 0 aromatic heterocycles. The number of carboxylic acid groups (broad SMARTS) is 1. The van der Waals surface area contributed by atoms with Crippen molar-refractivity contribution in [2.24, 2.45) is 5.92 Å². The van der Waals surface area contributed by atoms with Crippen molar-refractivity contribution in [3.8, 4) is 0 Å². The van der Waals surface area contributed by atoms with Gasteiger partial charge < -0.3 is 34.1 Å². The molecule has 101 heavy (non-hydrogen) atoms. The molecule has 7 aromatic carbocycles. The number of carboxylic acids is 1. The fourth-order valence-electron chi connectivity index (χ4n) is 8.50. The molecule has 0 aliphatic heterocycles. The Morgan fingerprint density at radius 2 is 0.842 bits per heavy atom. The topological polar surface area (TPSA) is 161 Å². The Kier molecular flexibility index (Phi) is 46.2. The van der Waals surface area contributed by atoms with Crippen LogP contribution in [0.3, 0.4) is 0 Å². The minimum atomic E-state index is -5.06. The van der Waals surface area contributed by atoms with Gasteiger partial charge in [0.25, 0.3) is 0 Å². The zero-order chi connectivity index (χ0) is 77.0. The quantitative estimate of drug-likeness (QED) is 0.0167. The number of hydrogen-bond donors (Lipinski definition) is 2. The first-order chi connectivity index (χ1) is 47.6. The third-order valence-corrected chi connectivity index (χ3v) is 14.3. The highest BCUT2D eigenvalue weighted by Gasteiger charge is 2.38. The molecule has 0 saturated carbocycles. The molecule has 0 heterocycles. The molecule has 2 N–H and O–H groups in total. The van der Waals surface area contributed by atoms with Crippen molar-refractivity contribution in [3.63, 3.8) is 0 Å². The summed E-state index contributed by atoms with van der Waals surface area (Å²) in [6.45, 7) is 16.6. The smallest absolute Gasteiger partial charge is 0.422 e. The summed E-state index contributed by atoms with van der Waals surface area (Å²) < 4.78 is 188. The molecule has 0 aliphatic carbocycles. The van der Waals surface area contributed by atoms with Gasteiger partial charge >= 0.3 is 30.3 Å². The van der Waals surface area contributed by atoms with Crippen LogP contribution in [0.2, 0.25) is 0 Å². The second kappa shape index (κ2) is 50.2. The number of ether oxygens (including phenoxy) is 2. The lowest BCUT2D eigenvalue weighted by atomic mass is 9.97. The summed E-state index contributed by atoms with van der Waals surface area (Å²) in [5.74, 6) is -8.56. The minimum Gasteiger partial charge on any atom is -0.481 e. The molecule has 0 unspecified atom stereocenters. The molecule has 0 saturated heterocycles. The van der Waals surface area contributed by atoms with Crippen LogP contribution in [0.1, 0.15) is 124 Å². The molecule has 0 bridgehead atoms. The van der Waals surface area contributed by atoms with Crippen molar-refractivity contribution in [2.45, 2.75) is 137 Å². The van der Waals surface area contributed by atoms with Gasteiger partial charge in [-0.25, -0.2) is 35.1 Å². The van der Waals surface area contributed by atoms with Crippen LogP contribution < -0.4 is 0 Å². The number of aryl methyl sites for hydroxylation is 10. The number of esters is 2. The van der Waals surface area contributed by atoms with E-state index in [1.54, 1.807) is 127 Å². The van der Waals surface area contributed by atoms with E-state index in [4.69, 9.17) is 19.7 Å². The number of rotatable bonds is 22. The zero-order valence-electron chi connectivity index (χ0n) is 57.3. The third-order valence-electron chi connectivity index (χ3n) is 13.7. The summed E-state index contributed by atoms with van der Waals surface area (Å²) in [7, 11) is 1.08. The lowest BCUT2D eigenvalue weighted by Gasteiger charge is -2.15. The SMILES string of the molecule is CCOC(=O)C(Cc1cccc(C)c1F)C(=O)OCC.CPC.Cc1cccc(CBr)c1F.Cc1cccc(CCC(=O)O)c1F.Cc1cccc(CCC=O)c1F.Cc1cccc(CCCO)c1F.O=CCCc1cc(C(F)(F)F)ccc1F.O=CCCc1cc(F)c(C(F)(F)F)c(F)c1. The summed E-state index contributed by atoms with van der Waals surface area (Å²) in [6, 6.07) is 29.2. The number of aliphatic hydroxyl groups excluding tert-OH is 1. The largest absolute Gasteiger partial charge is 0.481 e. The van der Waals surface area contributed by atoms with Gasteiger partial charge in [-0.2, -0.15) is 26.3 Å². The molecule has 0 radical (unpaired) electrons. The number of aliphatic hydroxyl groups is 1. The second-order valence-electron chi connectivity index (χ2n) is 21.7. The lowest BCUT2D eigenvalue weighted by molar-refractivity contribution is -0.161. The molecule has 7 rings (SSSR count). The predicted molar refractivity (Wildman–Crippen MR) is 366 cm³/mol. The van der Waals surface area contributed by atoms with E-state index in [1.165, 1.54) is 0 Å². The zero-order valence-corrected chi connectivity index (χ0v) is 59.9. The molecule has 0 spiro atoms. The van der Waals surface area contributed by atoms with E-state index < -0.39 is 70.6 Å². The highest BCUT2D eigenvalue weighted by atomic mass is 79.9. The van der Waals surface area contributed by atoms with E-state index in [1.807, 2.05) is 12.1 Å². The van der Waals surface area contributed by atoms with Gasteiger partial charge in [0.1, 0.15) is 71.0 Å². The van der Waals surface area contributed by atoms with E-state index in [2.05, 4.69) is 29.3 Å². The number of aldehydes is 3. The predicted octanol–water partition coefficient (Wildman–Crippen LogP) is 18.9. The first kappa shape index (κ1) is 92.8. The van der Waals surface area contributed by atoms with Crippen LogP contribution in [0, 0.1) is 87.1 Å². The maximum Gasteiger partial charge on any atom is 0.422 e. The van der Waals surface area contributed by atoms with Gasteiger partial charge in [-0.05, 0) is 204 Å². The normalized spacial score (nSPS) is 10.4. The van der Waals surface area contributed by atoms with Gasteiger partial charge in [0.2, 0.25) is 0 Å². The van der Waals surface area contributed by atoms with Gasteiger partial charge in [0.05, 0.1) is 18.8 Å². The second-order valence-corrected chi connectivity index (χ2v) is 23.3. The fraction of sp³-hybridized carbons (Fsp3) is 0.360. The number of benzene rings is 7. The molecule has 0 fully saturated rings. The monoisotopic (exact) mass is 1520 g/mol. The summed E-state index contributed by atoms with van der Waals surface area (Å²) in [5, 5.41) is 17.6. The van der Waals surface area contributed by atoms with Crippen LogP contribution >= 0.6 is 24.5 Å². The highest BCUT2D eigenvalue weighted by molar-refractivity contribution is 9.08. The average molecular weight is 1520 g/mol. The van der Waals surface area contributed by atoms with Gasteiger partial charge in [-0.1, -0.05) is 107 Å². The van der Waals surface area contributed by atoms with Crippen LogP contribution in [0.25, 0.3) is 0 Å². The van der Waals surface area contributed by atoms with Crippen LogP contribution in [0.15, 0.2) is 121 Å². The standard InChI is InChI=1S/C15H19FO4.C10H7F5O.C10H8F4O.C10H11FO2.C10H13FO.C10H11FO.C8H8BrF.C2H7P/c1-4-19-14(17)12(15(18)20-5-2)9-11-8-6-7-10(3)13(11)16;11-7-4-6(2-1-3-16)5-8(12)9(7)10(13,14)15;11-9-4-3-8(10(12,13)14)6-7(9)2-1-5-15;1-7-3-2-4-8(10(7)11)5-6-9(12)13;2*1-8-4-2-5-9(10(8)11)6-3-7-12;1-6-3-2-4-7(5-9)8(6)10;1-3-2/h6-8,12H,4-5,9H2,1-3H3;3-5H,1-2H2;3-6H,1-2H2;2-4H,5-6H2,1H3,(H,12,13);2,4-5,12H,3,6-7H2,1H3;2,4-5,7H,3,6H2,1H3;2-4H,5H2,1H3;3H,1-2H3. The van der Waals surface area contributed by atoms with Crippen molar-refractivity contribution in [2.75, 3.05) is 33.2 Å². The highest BCUT2D eigenvalue weighted by Crippen LogP contribution is 2.35. The summed E-state index contributed by atoms with van der Waals surface area (Å²) in [4.78, 5) is 64.0. The number of carbonyl (C=O) groups excluding carboxylic acids is 5. The van der Waals surface area contributed by atoms with Crippen LogP contribution in [0.5, 0.6) is 0 Å².